The first-order valence-electron chi connectivity index (χ1n) is 8.19. The number of rotatable bonds is 4. The molecule has 1 amide bonds. The van der Waals surface area contributed by atoms with Crippen molar-refractivity contribution < 1.29 is 17.9 Å². The lowest BCUT2D eigenvalue weighted by molar-refractivity contribution is 0.0397. The predicted molar refractivity (Wildman–Crippen MR) is 90.1 cm³/mol. The normalized spacial score (nSPS) is 22.8. The van der Waals surface area contributed by atoms with Gasteiger partial charge < -0.3 is 9.64 Å². The third-order valence-electron chi connectivity index (χ3n) is 5.04. The maximum atomic E-state index is 12.6. The van der Waals surface area contributed by atoms with Gasteiger partial charge in [-0.05, 0) is 12.5 Å². The number of amides is 1. The molecule has 2 fully saturated rings. The molecule has 1 spiro atoms. The van der Waals surface area contributed by atoms with Crippen molar-refractivity contribution in [2.75, 3.05) is 25.4 Å². The van der Waals surface area contributed by atoms with Gasteiger partial charge in [-0.2, -0.15) is 0 Å². The lowest BCUT2D eigenvalue weighted by Gasteiger charge is -2.49. The minimum atomic E-state index is -3.30. The van der Waals surface area contributed by atoms with Crippen LogP contribution < -0.4 is 4.74 Å². The molecule has 0 aliphatic carbocycles. The second kappa shape index (κ2) is 6.27. The number of likely N-dealkylation sites (tertiary alicyclic amines) is 1. The molecule has 4 heterocycles. The van der Waals surface area contributed by atoms with Crippen LogP contribution in [0.25, 0.3) is 0 Å². The van der Waals surface area contributed by atoms with Crippen molar-refractivity contribution >= 4 is 15.7 Å². The van der Waals surface area contributed by atoms with Crippen LogP contribution in [0.15, 0.2) is 37.1 Å². The van der Waals surface area contributed by atoms with Crippen LogP contribution in [0.4, 0.5) is 0 Å². The second-order valence-corrected chi connectivity index (χ2v) is 8.91. The van der Waals surface area contributed by atoms with E-state index in [0.29, 0.717) is 6.42 Å². The zero-order valence-electron chi connectivity index (χ0n) is 13.9. The van der Waals surface area contributed by atoms with Crippen LogP contribution >= 0.6 is 0 Å². The monoisotopic (exact) mass is 375 g/mol. The Morgan fingerprint density at radius 2 is 1.96 bits per heavy atom. The maximum absolute atomic E-state index is 12.6. The lowest BCUT2D eigenvalue weighted by atomic mass is 9.83. The number of aromatic nitrogens is 4. The summed E-state index contributed by atoms with van der Waals surface area (Å²) in [5, 5.41) is 0. The molecule has 136 valence electrons. The van der Waals surface area contributed by atoms with Crippen LogP contribution in [0.2, 0.25) is 0 Å². The number of hydrogen-bond acceptors (Lipinski definition) is 8. The fourth-order valence-electron chi connectivity index (χ4n) is 3.56. The molecule has 0 bridgehead atoms. The van der Waals surface area contributed by atoms with Gasteiger partial charge >= 0.3 is 6.01 Å². The van der Waals surface area contributed by atoms with Crippen LogP contribution in [0, 0.1) is 5.92 Å². The number of sulfone groups is 1. The highest BCUT2D eigenvalue weighted by Gasteiger charge is 2.62. The molecule has 2 aromatic heterocycles. The predicted octanol–water partition coefficient (Wildman–Crippen LogP) is -0.0251. The number of carbonyl (C=O) groups excluding carboxylic acids is 1. The molecule has 26 heavy (non-hydrogen) atoms. The molecule has 2 aliphatic heterocycles. The van der Waals surface area contributed by atoms with Gasteiger partial charge in [0.25, 0.3) is 5.91 Å². The molecule has 0 N–H and O–H groups in total. The average Bonchev–Trinajstić information content (AvgIpc) is 2.90. The largest absolute Gasteiger partial charge is 0.463 e. The van der Waals surface area contributed by atoms with E-state index in [0.717, 1.165) is 0 Å². The molecule has 0 unspecified atom stereocenters. The van der Waals surface area contributed by atoms with Crippen molar-refractivity contribution in [3.63, 3.8) is 0 Å². The van der Waals surface area contributed by atoms with Gasteiger partial charge in [0.1, 0.15) is 10.4 Å². The Hall–Kier alpha value is -2.62. The Kier molecular flexibility index (Phi) is 4.06. The van der Waals surface area contributed by atoms with Crippen molar-refractivity contribution in [1.82, 2.24) is 24.8 Å². The van der Waals surface area contributed by atoms with Crippen molar-refractivity contribution in [3.8, 4) is 6.01 Å². The standard InChI is InChI=1S/C16H17N5O4S/c22-14(13-8-17-5-6-18-13)21-10-16(11-21)12(2-7-26(16,23)24)9-25-15-19-3-1-4-20-15/h1,3-6,8,12H,2,7,9-11H2/t12-/m1/s1. The average molecular weight is 375 g/mol. The van der Waals surface area contributed by atoms with Gasteiger partial charge in [0.15, 0.2) is 9.84 Å². The smallest absolute Gasteiger partial charge is 0.316 e. The minimum absolute atomic E-state index is 0.101. The van der Waals surface area contributed by atoms with Gasteiger partial charge in [-0.3, -0.25) is 9.78 Å². The van der Waals surface area contributed by atoms with E-state index >= 15 is 0 Å². The first-order chi connectivity index (χ1) is 12.5. The number of carbonyl (C=O) groups is 1. The van der Waals surface area contributed by atoms with E-state index in [1.807, 2.05) is 0 Å². The van der Waals surface area contributed by atoms with Gasteiger partial charge in [-0.25, -0.2) is 23.4 Å². The zero-order valence-corrected chi connectivity index (χ0v) is 14.7. The summed E-state index contributed by atoms with van der Waals surface area (Å²) < 4.78 is 29.9. The van der Waals surface area contributed by atoms with Gasteiger partial charge in [-0.1, -0.05) is 0 Å². The molecule has 10 heteroatoms. The minimum Gasteiger partial charge on any atom is -0.463 e. The Labute approximate surface area is 150 Å². The van der Waals surface area contributed by atoms with Gasteiger partial charge in [0.2, 0.25) is 0 Å². The van der Waals surface area contributed by atoms with Gasteiger partial charge in [-0.15, -0.1) is 0 Å². The van der Waals surface area contributed by atoms with Crippen molar-refractivity contribution in [1.29, 1.82) is 0 Å². The molecule has 2 saturated heterocycles. The third kappa shape index (κ3) is 2.70. The van der Waals surface area contributed by atoms with Crippen LogP contribution in [0.1, 0.15) is 16.9 Å². The Bertz CT molecular complexity index is 901. The van der Waals surface area contributed by atoms with Crippen LogP contribution in [-0.2, 0) is 9.84 Å². The molecule has 1 atom stereocenters. The zero-order chi connectivity index (χ0) is 18.2. The van der Waals surface area contributed by atoms with E-state index in [1.54, 1.807) is 18.5 Å². The van der Waals surface area contributed by atoms with Crippen molar-refractivity contribution in [2.45, 2.75) is 11.2 Å². The Morgan fingerprint density at radius 1 is 1.19 bits per heavy atom. The number of hydrogen-bond donors (Lipinski definition) is 0. The fraction of sp³-hybridized carbons (Fsp3) is 0.438. The summed E-state index contributed by atoms with van der Waals surface area (Å²) >= 11 is 0. The molecule has 4 rings (SSSR count). The summed E-state index contributed by atoms with van der Waals surface area (Å²) in [4.78, 5) is 29.8. The van der Waals surface area contributed by atoms with Gasteiger partial charge in [0.05, 0.1) is 18.6 Å². The highest BCUT2D eigenvalue weighted by Crippen LogP contribution is 2.45. The van der Waals surface area contributed by atoms with Crippen LogP contribution in [-0.4, -0.2) is 69.4 Å². The molecule has 0 saturated carbocycles. The Balaban J connectivity index is 1.47. The third-order valence-corrected chi connectivity index (χ3v) is 7.64. The summed E-state index contributed by atoms with van der Waals surface area (Å²) in [5.74, 6) is -0.414. The second-order valence-electron chi connectivity index (χ2n) is 6.46. The quantitative estimate of drug-likeness (QED) is 0.732. The SMILES string of the molecule is O=C(c1cnccn1)N1CC2(C1)[C@@H](COc1ncccn1)CCS2(=O)=O. The molecular weight excluding hydrogens is 358 g/mol. The summed E-state index contributed by atoms with van der Waals surface area (Å²) in [7, 11) is -3.30. The first-order valence-corrected chi connectivity index (χ1v) is 9.84. The van der Waals surface area contributed by atoms with Crippen molar-refractivity contribution in [3.05, 3.63) is 42.7 Å². The molecule has 0 aromatic carbocycles. The number of ether oxygens (including phenoxy) is 1. The van der Waals surface area contributed by atoms with E-state index in [9.17, 15) is 13.2 Å². The van der Waals surface area contributed by atoms with Crippen LogP contribution in [0.3, 0.4) is 0 Å². The first kappa shape index (κ1) is 16.8. The van der Waals surface area contributed by atoms with Gasteiger partial charge in [0, 0.05) is 43.8 Å². The van der Waals surface area contributed by atoms with E-state index < -0.39 is 14.6 Å². The topological polar surface area (TPSA) is 115 Å². The molecule has 2 aliphatic rings. The van der Waals surface area contributed by atoms with Crippen LogP contribution in [0.5, 0.6) is 6.01 Å². The maximum Gasteiger partial charge on any atom is 0.316 e. The van der Waals surface area contributed by atoms with E-state index in [-0.39, 0.29) is 49.0 Å². The lowest BCUT2D eigenvalue weighted by Crippen LogP contribution is -2.69. The van der Waals surface area contributed by atoms with E-state index in [1.165, 1.54) is 23.5 Å². The summed E-state index contributed by atoms with van der Waals surface area (Å²) in [6.07, 6.45) is 7.93. The highest BCUT2D eigenvalue weighted by atomic mass is 32.2. The van der Waals surface area contributed by atoms with E-state index in [2.05, 4.69) is 19.9 Å². The molecular formula is C16H17N5O4S. The summed E-state index contributed by atoms with van der Waals surface area (Å²) in [6, 6.07) is 1.90. The molecule has 0 radical (unpaired) electrons. The molecule has 9 nitrogen and oxygen atoms in total. The number of nitrogens with zero attached hydrogens (tertiary/aromatic N) is 5. The summed E-state index contributed by atoms with van der Waals surface area (Å²) in [6.45, 7) is 0.499. The van der Waals surface area contributed by atoms with Crippen molar-refractivity contribution in [2.24, 2.45) is 5.92 Å². The van der Waals surface area contributed by atoms with E-state index in [4.69, 9.17) is 4.74 Å². The highest BCUT2D eigenvalue weighted by molar-refractivity contribution is 7.93. The summed E-state index contributed by atoms with van der Waals surface area (Å²) in [5.41, 5.74) is 0.211. The fourth-order valence-corrected chi connectivity index (χ4v) is 5.96. The Morgan fingerprint density at radius 3 is 2.65 bits per heavy atom. The molecule has 2 aromatic rings.